The summed E-state index contributed by atoms with van der Waals surface area (Å²) in [4.78, 5) is 0. The van der Waals surface area contributed by atoms with Gasteiger partial charge in [0.1, 0.15) is 0 Å². The summed E-state index contributed by atoms with van der Waals surface area (Å²) >= 11 is 0. The Morgan fingerprint density at radius 1 is 1.78 bits per heavy atom. The van der Waals surface area contributed by atoms with Gasteiger partial charge >= 0.3 is 0 Å². The fourth-order valence-electron chi connectivity index (χ4n) is 0.883. The number of aliphatic hydroxyl groups is 1. The van der Waals surface area contributed by atoms with Gasteiger partial charge < -0.3 is 5.11 Å². The monoisotopic (exact) mass is 150 g/mol. The molecule has 0 bridgehead atoms. The average Bonchev–Trinajstić information content (AvgIpc) is 2.13. The first-order valence-corrected chi connectivity index (χ1v) is 4.61. The molecule has 4 nitrogen and oxygen atoms in total. The fourth-order valence-corrected chi connectivity index (χ4v) is 2.65. The molecule has 1 rings (SSSR count). The topological polar surface area (TPSA) is 75.7 Å². The molecular weight excluding hydrogens is 140 g/mol. The number of nitrogens with two attached hydrogens (primary N) is 1. The lowest BCUT2D eigenvalue weighted by atomic mass is 10.3. The molecule has 1 aliphatic rings. The van der Waals surface area contributed by atoms with E-state index in [1.54, 1.807) is 0 Å². The van der Waals surface area contributed by atoms with Crippen LogP contribution in [0.4, 0.5) is 0 Å². The van der Waals surface area contributed by atoms with Crippen molar-refractivity contribution in [3.63, 3.8) is 0 Å². The van der Waals surface area contributed by atoms with Gasteiger partial charge in [-0.2, -0.15) is 4.47 Å². The van der Waals surface area contributed by atoms with Crippen molar-refractivity contribution in [1.29, 1.82) is 0 Å². The predicted octanol–water partition coefficient (Wildman–Crippen LogP) is -0.907. The van der Waals surface area contributed by atoms with Crippen molar-refractivity contribution in [3.05, 3.63) is 0 Å². The van der Waals surface area contributed by atoms with Crippen LogP contribution < -0.4 is 5.84 Å². The van der Waals surface area contributed by atoms with Gasteiger partial charge in [0.05, 0.1) is 21.6 Å². The van der Waals surface area contributed by atoms with E-state index in [4.69, 9.17) is 10.9 Å². The maximum atomic E-state index is 11.1. The highest BCUT2D eigenvalue weighted by Gasteiger charge is 2.23. The lowest BCUT2D eigenvalue weighted by Gasteiger charge is -1.94. The summed E-state index contributed by atoms with van der Waals surface area (Å²) < 4.78 is 14.4. The van der Waals surface area contributed by atoms with Gasteiger partial charge in [-0.25, -0.2) is 10.1 Å². The van der Waals surface area contributed by atoms with Crippen molar-refractivity contribution in [1.82, 2.24) is 0 Å². The van der Waals surface area contributed by atoms with Gasteiger partial charge in [-0.1, -0.05) is 0 Å². The first-order chi connectivity index (χ1) is 4.16. The minimum Gasteiger partial charge on any atom is -0.392 e. The van der Waals surface area contributed by atoms with E-state index in [0.29, 0.717) is 12.2 Å². The first kappa shape index (κ1) is 6.98. The van der Waals surface area contributed by atoms with Crippen molar-refractivity contribution >= 4 is 9.73 Å². The van der Waals surface area contributed by atoms with E-state index < -0.39 is 15.8 Å². The molecule has 1 heterocycles. The summed E-state index contributed by atoms with van der Waals surface area (Å²) in [6.07, 6.45) is 0.115. The molecule has 0 aromatic heterocycles. The van der Waals surface area contributed by atoms with Crippen LogP contribution in [0.1, 0.15) is 6.42 Å². The molecule has 3 N–H and O–H groups in total. The third-order valence-corrected chi connectivity index (χ3v) is 3.58. The maximum absolute atomic E-state index is 11.1. The highest BCUT2D eigenvalue weighted by molar-refractivity contribution is 7.93. The molecule has 2 atom stereocenters. The van der Waals surface area contributed by atoms with E-state index >= 15 is 0 Å². The molecule has 0 aromatic rings. The summed E-state index contributed by atoms with van der Waals surface area (Å²) in [5.41, 5.74) is 0. The van der Waals surface area contributed by atoms with Crippen LogP contribution in [0.25, 0.3) is 0 Å². The summed E-state index contributed by atoms with van der Waals surface area (Å²) in [5, 5.41) is 8.90. The highest BCUT2D eigenvalue weighted by Crippen LogP contribution is 2.12. The van der Waals surface area contributed by atoms with E-state index in [-0.39, 0.29) is 5.75 Å². The number of nitrogens with zero attached hydrogens (tertiary/aromatic N) is 1. The Labute approximate surface area is 54.2 Å². The van der Waals surface area contributed by atoms with E-state index in [9.17, 15) is 4.21 Å². The van der Waals surface area contributed by atoms with Crippen molar-refractivity contribution < 1.29 is 9.32 Å². The van der Waals surface area contributed by atoms with Crippen LogP contribution in [0.3, 0.4) is 0 Å². The zero-order valence-corrected chi connectivity index (χ0v) is 5.80. The van der Waals surface area contributed by atoms with E-state index in [1.165, 1.54) is 0 Å². The van der Waals surface area contributed by atoms with Gasteiger partial charge in [0.2, 0.25) is 0 Å². The van der Waals surface area contributed by atoms with Crippen LogP contribution in [0.15, 0.2) is 4.47 Å². The molecule has 0 amide bonds. The molecule has 5 heteroatoms. The Morgan fingerprint density at radius 3 is 2.67 bits per heavy atom. The highest BCUT2D eigenvalue weighted by atomic mass is 32.2. The first-order valence-electron chi connectivity index (χ1n) is 2.76. The van der Waals surface area contributed by atoms with Crippen LogP contribution in [-0.4, -0.2) is 26.9 Å². The number of aliphatic hydroxyl groups excluding tert-OH is 1. The van der Waals surface area contributed by atoms with Gasteiger partial charge in [-0.05, 0) is 6.42 Å². The Morgan fingerprint density at radius 2 is 2.44 bits per heavy atom. The predicted molar refractivity (Wildman–Crippen MR) is 35.1 cm³/mol. The second-order valence-electron chi connectivity index (χ2n) is 2.19. The molecule has 0 aromatic carbocycles. The average molecular weight is 150 g/mol. The summed E-state index contributed by atoms with van der Waals surface area (Å²) in [6, 6.07) is 0. The Bertz CT molecular complexity index is 207. The van der Waals surface area contributed by atoms with Crippen LogP contribution in [-0.2, 0) is 9.73 Å². The van der Waals surface area contributed by atoms with Crippen molar-refractivity contribution in [2.75, 3.05) is 11.5 Å². The minimum absolute atomic E-state index is 0.253. The molecule has 2 unspecified atom stereocenters. The molecule has 0 aliphatic carbocycles. The largest absolute Gasteiger partial charge is 0.392 e. The van der Waals surface area contributed by atoms with Gasteiger partial charge in [0.15, 0.2) is 0 Å². The zero-order valence-electron chi connectivity index (χ0n) is 4.99. The molecule has 9 heavy (non-hydrogen) atoms. The molecule has 0 saturated carbocycles. The molecule has 0 spiro atoms. The van der Waals surface area contributed by atoms with Crippen molar-refractivity contribution in [2.45, 2.75) is 12.5 Å². The summed E-state index contributed by atoms with van der Waals surface area (Å²) in [6.45, 7) is 0. The molecule has 1 aliphatic heterocycles. The second kappa shape index (κ2) is 2.24. The lowest BCUT2D eigenvalue weighted by Crippen LogP contribution is -2.09. The third-order valence-electron chi connectivity index (χ3n) is 1.41. The van der Waals surface area contributed by atoms with Gasteiger partial charge in [-0.15, -0.1) is 0 Å². The molecule has 0 radical (unpaired) electrons. The van der Waals surface area contributed by atoms with Crippen LogP contribution in [0, 0.1) is 0 Å². The van der Waals surface area contributed by atoms with E-state index in [1.807, 2.05) is 0 Å². The third kappa shape index (κ3) is 1.41. The minimum atomic E-state index is -2.19. The number of hydrogen-bond acceptors (Lipinski definition) is 3. The Kier molecular flexibility index (Phi) is 1.74. The zero-order chi connectivity index (χ0) is 6.91. The van der Waals surface area contributed by atoms with Gasteiger partial charge in [0, 0.05) is 5.75 Å². The van der Waals surface area contributed by atoms with Crippen molar-refractivity contribution in [3.8, 4) is 0 Å². The molecule has 54 valence electrons. The van der Waals surface area contributed by atoms with Crippen LogP contribution in [0.5, 0.6) is 0 Å². The SMILES string of the molecule is NN=S1(=O)CCC(O)C1. The number of rotatable bonds is 0. The Hall–Kier alpha value is -0.130. The summed E-state index contributed by atoms with van der Waals surface area (Å²) in [7, 11) is -2.19. The summed E-state index contributed by atoms with van der Waals surface area (Å²) in [5.74, 6) is 5.57. The lowest BCUT2D eigenvalue weighted by molar-refractivity contribution is 0.202. The fraction of sp³-hybridized carbons (Fsp3) is 1.00. The molecule has 1 fully saturated rings. The smallest absolute Gasteiger partial charge is 0.0673 e. The van der Waals surface area contributed by atoms with Crippen LogP contribution in [0.2, 0.25) is 0 Å². The van der Waals surface area contributed by atoms with Gasteiger partial charge in [0.25, 0.3) is 0 Å². The van der Waals surface area contributed by atoms with E-state index in [2.05, 4.69) is 4.47 Å². The standard InChI is InChI=1S/C4H10N2O2S/c5-6-9(8)2-1-4(7)3-9/h4,7H,1-3,5H2. The van der Waals surface area contributed by atoms with Gasteiger partial charge in [-0.3, -0.25) is 0 Å². The van der Waals surface area contributed by atoms with Crippen molar-refractivity contribution in [2.24, 2.45) is 10.3 Å². The maximum Gasteiger partial charge on any atom is 0.0673 e. The Balaban J connectivity index is 2.79. The second-order valence-corrected chi connectivity index (χ2v) is 4.69. The van der Waals surface area contributed by atoms with Crippen LogP contribution >= 0.6 is 0 Å². The normalized spacial score (nSPS) is 43.1. The quantitative estimate of drug-likeness (QED) is 0.347. The molecule has 1 saturated heterocycles. The molecular formula is C4H10N2O2S. The number of hydrogen-bond donors (Lipinski definition) is 2. The van der Waals surface area contributed by atoms with E-state index in [0.717, 1.165) is 0 Å².